The normalized spacial score (nSPS) is 11.3. The molecular formula is C14H28O3Si. The van der Waals surface area contributed by atoms with Crippen LogP contribution in [0.5, 0.6) is 0 Å². The summed E-state index contributed by atoms with van der Waals surface area (Å²) >= 11 is 0. The van der Waals surface area contributed by atoms with E-state index in [1.807, 2.05) is 0 Å². The van der Waals surface area contributed by atoms with Gasteiger partial charge in [0.05, 0.1) is 6.61 Å². The Morgan fingerprint density at radius 3 is 2.39 bits per heavy atom. The second-order valence-corrected chi connectivity index (χ2v) is 9.64. The van der Waals surface area contributed by atoms with Crippen LogP contribution in [0.3, 0.4) is 0 Å². The van der Waals surface area contributed by atoms with Crippen LogP contribution >= 0.6 is 0 Å². The van der Waals surface area contributed by atoms with E-state index in [-0.39, 0.29) is 5.97 Å². The van der Waals surface area contributed by atoms with Crippen molar-refractivity contribution in [2.45, 2.75) is 58.7 Å². The van der Waals surface area contributed by atoms with E-state index in [1.165, 1.54) is 6.42 Å². The van der Waals surface area contributed by atoms with E-state index in [1.54, 1.807) is 6.92 Å². The minimum Gasteiger partial charge on any atom is -0.462 e. The molecule has 0 atom stereocenters. The van der Waals surface area contributed by atoms with Gasteiger partial charge in [-0.2, -0.15) is 0 Å². The van der Waals surface area contributed by atoms with Crippen molar-refractivity contribution in [1.29, 1.82) is 0 Å². The van der Waals surface area contributed by atoms with E-state index in [4.69, 9.17) is 9.16 Å². The fourth-order valence-corrected chi connectivity index (χ4v) is 3.45. The predicted molar refractivity (Wildman–Crippen MR) is 78.2 cm³/mol. The van der Waals surface area contributed by atoms with Gasteiger partial charge in [0.25, 0.3) is 0 Å². The van der Waals surface area contributed by atoms with Crippen LogP contribution in [0, 0.1) is 0 Å². The van der Waals surface area contributed by atoms with Crippen molar-refractivity contribution in [2.24, 2.45) is 0 Å². The molecule has 0 aliphatic carbocycles. The van der Waals surface area contributed by atoms with Crippen molar-refractivity contribution < 1.29 is 14.0 Å². The quantitative estimate of drug-likeness (QED) is 0.262. The summed E-state index contributed by atoms with van der Waals surface area (Å²) in [6.45, 7) is 13.3. The highest BCUT2D eigenvalue weighted by molar-refractivity contribution is 6.71. The summed E-state index contributed by atoms with van der Waals surface area (Å²) in [5.74, 6) is -0.286. The fraction of sp³-hybridized carbons (Fsp3) is 0.786. The maximum Gasteiger partial charge on any atom is 0.333 e. The van der Waals surface area contributed by atoms with Crippen molar-refractivity contribution in [1.82, 2.24) is 0 Å². The second-order valence-electron chi connectivity index (χ2n) is 5.34. The maximum atomic E-state index is 11.1. The van der Waals surface area contributed by atoms with Gasteiger partial charge in [0.1, 0.15) is 0 Å². The van der Waals surface area contributed by atoms with Crippen LogP contribution in [0.25, 0.3) is 0 Å². The lowest BCUT2D eigenvalue weighted by atomic mass is 10.3. The highest BCUT2D eigenvalue weighted by Gasteiger charge is 2.21. The molecule has 0 unspecified atom stereocenters. The number of hydrogen-bond acceptors (Lipinski definition) is 3. The van der Waals surface area contributed by atoms with Crippen molar-refractivity contribution >= 4 is 14.3 Å². The highest BCUT2D eigenvalue weighted by atomic mass is 28.4. The molecule has 0 radical (unpaired) electrons. The van der Waals surface area contributed by atoms with Crippen LogP contribution in [-0.4, -0.2) is 27.5 Å². The third-order valence-electron chi connectivity index (χ3n) is 2.75. The molecule has 0 saturated carbocycles. The van der Waals surface area contributed by atoms with Crippen LogP contribution in [0.1, 0.15) is 39.5 Å². The number of carbonyl (C=O) groups excluding carboxylic acids is 1. The van der Waals surface area contributed by atoms with Gasteiger partial charge in [-0.05, 0) is 38.9 Å². The Bertz CT molecular complexity index is 262. The van der Waals surface area contributed by atoms with Crippen LogP contribution < -0.4 is 0 Å². The first kappa shape index (κ1) is 17.4. The molecule has 0 saturated heterocycles. The van der Waals surface area contributed by atoms with E-state index in [0.29, 0.717) is 12.2 Å². The van der Waals surface area contributed by atoms with Crippen LogP contribution in [-0.2, 0) is 14.0 Å². The lowest BCUT2D eigenvalue weighted by molar-refractivity contribution is -0.139. The van der Waals surface area contributed by atoms with Crippen molar-refractivity contribution in [3.05, 3.63) is 12.2 Å². The van der Waals surface area contributed by atoms with Gasteiger partial charge in [0.2, 0.25) is 0 Å². The summed E-state index contributed by atoms with van der Waals surface area (Å²) < 4.78 is 11.0. The van der Waals surface area contributed by atoms with Gasteiger partial charge in [0, 0.05) is 12.2 Å². The van der Waals surface area contributed by atoms with Crippen LogP contribution in [0.15, 0.2) is 12.2 Å². The minimum absolute atomic E-state index is 0.286. The van der Waals surface area contributed by atoms with Gasteiger partial charge in [-0.3, -0.25) is 0 Å². The summed E-state index contributed by atoms with van der Waals surface area (Å²) in [7, 11) is -1.50. The zero-order valence-electron chi connectivity index (χ0n) is 12.4. The van der Waals surface area contributed by atoms with E-state index >= 15 is 0 Å². The second kappa shape index (κ2) is 9.33. The van der Waals surface area contributed by atoms with E-state index in [9.17, 15) is 4.79 Å². The maximum absolute atomic E-state index is 11.1. The molecule has 0 amide bonds. The molecule has 0 heterocycles. The van der Waals surface area contributed by atoms with E-state index in [0.717, 1.165) is 31.9 Å². The van der Waals surface area contributed by atoms with Gasteiger partial charge in [0.15, 0.2) is 8.32 Å². The Morgan fingerprint density at radius 2 is 1.83 bits per heavy atom. The zero-order valence-corrected chi connectivity index (χ0v) is 13.4. The average molecular weight is 272 g/mol. The monoisotopic (exact) mass is 272 g/mol. The molecule has 0 fully saturated rings. The first-order valence-corrected chi connectivity index (χ1v) is 9.97. The summed E-state index contributed by atoms with van der Waals surface area (Å²) in [6.07, 6.45) is 4.30. The Labute approximate surface area is 113 Å². The molecule has 0 N–H and O–H groups in total. The van der Waals surface area contributed by atoms with Gasteiger partial charge in [-0.15, -0.1) is 0 Å². The van der Waals surface area contributed by atoms with Gasteiger partial charge < -0.3 is 9.16 Å². The van der Waals surface area contributed by atoms with Gasteiger partial charge >= 0.3 is 5.97 Å². The summed E-state index contributed by atoms with van der Waals surface area (Å²) in [6, 6.07) is 1.13. The Kier molecular flexibility index (Phi) is 9.02. The smallest absolute Gasteiger partial charge is 0.333 e. The largest absolute Gasteiger partial charge is 0.462 e. The summed E-state index contributed by atoms with van der Waals surface area (Å²) in [4.78, 5) is 11.1. The topological polar surface area (TPSA) is 35.5 Å². The highest BCUT2D eigenvalue weighted by Crippen LogP contribution is 2.15. The lowest BCUT2D eigenvalue weighted by Crippen LogP contribution is -2.30. The third kappa shape index (κ3) is 9.42. The molecule has 0 spiro atoms. The van der Waals surface area contributed by atoms with Crippen LogP contribution in [0.2, 0.25) is 19.1 Å². The standard InChI is InChI=1S/C14H28O3Si/c1-6-7-11-17-18(4,5)12-9-8-10-16-14(15)13(2)3/h2,6-12H2,1,3-5H3. The first-order valence-electron chi connectivity index (χ1n) is 6.85. The molecule has 106 valence electrons. The summed E-state index contributed by atoms with van der Waals surface area (Å²) in [5.41, 5.74) is 0.465. The molecule has 0 aromatic rings. The molecule has 18 heavy (non-hydrogen) atoms. The number of esters is 1. The average Bonchev–Trinajstić information content (AvgIpc) is 2.28. The Morgan fingerprint density at radius 1 is 1.17 bits per heavy atom. The molecule has 0 rings (SSSR count). The lowest BCUT2D eigenvalue weighted by Gasteiger charge is -2.22. The van der Waals surface area contributed by atoms with Gasteiger partial charge in [-0.1, -0.05) is 26.3 Å². The van der Waals surface area contributed by atoms with E-state index < -0.39 is 8.32 Å². The molecule has 0 aliphatic rings. The minimum atomic E-state index is -1.50. The molecule has 0 aromatic heterocycles. The van der Waals surface area contributed by atoms with E-state index in [2.05, 4.69) is 26.6 Å². The SMILES string of the molecule is C=C(C)C(=O)OCCCC[Si](C)(C)OCCCC. The zero-order chi connectivity index (χ0) is 14.0. The Balaban J connectivity index is 3.58. The fourth-order valence-electron chi connectivity index (χ4n) is 1.51. The molecule has 3 nitrogen and oxygen atoms in total. The number of carbonyl (C=O) groups is 1. The third-order valence-corrected chi connectivity index (χ3v) is 5.29. The van der Waals surface area contributed by atoms with Gasteiger partial charge in [-0.25, -0.2) is 4.79 Å². The molecule has 0 aliphatic heterocycles. The Hall–Kier alpha value is -0.613. The summed E-state index contributed by atoms with van der Waals surface area (Å²) in [5, 5.41) is 0. The molecule has 4 heteroatoms. The van der Waals surface area contributed by atoms with Crippen LogP contribution in [0.4, 0.5) is 0 Å². The van der Waals surface area contributed by atoms with Crippen molar-refractivity contribution in [3.63, 3.8) is 0 Å². The first-order chi connectivity index (χ1) is 8.39. The van der Waals surface area contributed by atoms with Crippen molar-refractivity contribution in [3.8, 4) is 0 Å². The molecule has 0 bridgehead atoms. The van der Waals surface area contributed by atoms with Crippen molar-refractivity contribution in [2.75, 3.05) is 13.2 Å². The molecule has 0 aromatic carbocycles. The number of hydrogen-bond donors (Lipinski definition) is 0. The number of rotatable bonds is 10. The molecular weight excluding hydrogens is 244 g/mol. The predicted octanol–water partition coefficient (Wildman–Crippen LogP) is 3.91. The number of ether oxygens (including phenoxy) is 1. The number of unbranched alkanes of at least 4 members (excludes halogenated alkanes) is 2.